The number of ether oxygens (including phenoxy) is 2. The summed E-state index contributed by atoms with van der Waals surface area (Å²) in [4.78, 5) is 24.4. The lowest BCUT2D eigenvalue weighted by atomic mass is 10.1. The second-order valence-corrected chi connectivity index (χ2v) is 5.16. The molecule has 1 N–H and O–H groups in total. The van der Waals surface area contributed by atoms with Crippen molar-refractivity contribution in [2.24, 2.45) is 0 Å². The minimum absolute atomic E-state index is 0.322. The van der Waals surface area contributed by atoms with Gasteiger partial charge in [0.25, 0.3) is 5.91 Å². The quantitative estimate of drug-likeness (QED) is 0.884. The van der Waals surface area contributed by atoms with Crippen molar-refractivity contribution in [3.63, 3.8) is 0 Å². The van der Waals surface area contributed by atoms with Crippen molar-refractivity contribution in [2.75, 3.05) is 12.4 Å². The number of fused-ring (bicyclic) bond motifs is 1. The second-order valence-electron chi connectivity index (χ2n) is 4.72. The van der Waals surface area contributed by atoms with E-state index in [1.165, 1.54) is 6.07 Å². The standard InChI is InChI=1S/C16H12ClNO4/c1-21-11-5-3-10(4-6-11)18-16(20)15-14(19)12-8-9(17)2-7-13(12)22-15/h2-8,15H,1H3,(H,18,20). The molecule has 0 saturated heterocycles. The van der Waals surface area contributed by atoms with Crippen LogP contribution in [-0.4, -0.2) is 24.9 Å². The molecule has 1 unspecified atom stereocenters. The van der Waals surface area contributed by atoms with Crippen LogP contribution in [0.2, 0.25) is 5.02 Å². The number of Topliss-reactive ketones (excluding diaryl/α,β-unsaturated/α-hetero) is 1. The molecular formula is C16H12ClNO4. The van der Waals surface area contributed by atoms with Crippen molar-refractivity contribution in [1.82, 2.24) is 0 Å². The average molecular weight is 318 g/mol. The van der Waals surface area contributed by atoms with Crippen LogP contribution in [0.4, 0.5) is 5.69 Å². The molecule has 5 nitrogen and oxygen atoms in total. The predicted molar refractivity (Wildman–Crippen MR) is 81.8 cm³/mol. The number of ketones is 1. The minimum Gasteiger partial charge on any atom is -0.497 e. The molecule has 1 heterocycles. The van der Waals surface area contributed by atoms with Gasteiger partial charge in [0.05, 0.1) is 12.7 Å². The van der Waals surface area contributed by atoms with Crippen LogP contribution < -0.4 is 14.8 Å². The van der Waals surface area contributed by atoms with Crippen LogP contribution in [0.5, 0.6) is 11.5 Å². The Labute approximate surface area is 131 Å². The van der Waals surface area contributed by atoms with Gasteiger partial charge in [-0.3, -0.25) is 9.59 Å². The highest BCUT2D eigenvalue weighted by atomic mass is 35.5. The van der Waals surface area contributed by atoms with Gasteiger partial charge < -0.3 is 14.8 Å². The fourth-order valence-electron chi connectivity index (χ4n) is 2.17. The van der Waals surface area contributed by atoms with Crippen molar-refractivity contribution in [1.29, 1.82) is 0 Å². The number of hydrogen-bond acceptors (Lipinski definition) is 4. The highest BCUT2D eigenvalue weighted by Gasteiger charge is 2.38. The Morgan fingerprint density at radius 1 is 1.23 bits per heavy atom. The number of halogens is 1. The van der Waals surface area contributed by atoms with E-state index in [4.69, 9.17) is 21.1 Å². The molecule has 0 aliphatic carbocycles. The number of rotatable bonds is 3. The zero-order valence-corrected chi connectivity index (χ0v) is 12.4. The van der Waals surface area contributed by atoms with E-state index < -0.39 is 17.8 Å². The van der Waals surface area contributed by atoms with Gasteiger partial charge in [-0.25, -0.2) is 0 Å². The molecule has 0 fully saturated rings. The molecule has 1 aliphatic rings. The average Bonchev–Trinajstić information content (AvgIpc) is 2.85. The van der Waals surface area contributed by atoms with E-state index in [9.17, 15) is 9.59 Å². The van der Waals surface area contributed by atoms with Crippen molar-refractivity contribution in [2.45, 2.75) is 6.10 Å². The highest BCUT2D eigenvalue weighted by molar-refractivity contribution is 6.31. The summed E-state index contributed by atoms with van der Waals surface area (Å²) in [5.74, 6) is 0.114. The number of hydrogen-bond donors (Lipinski definition) is 1. The second kappa shape index (κ2) is 5.69. The number of benzene rings is 2. The Kier molecular flexibility index (Phi) is 3.73. The summed E-state index contributed by atoms with van der Waals surface area (Å²) in [6.45, 7) is 0. The third-order valence-corrected chi connectivity index (χ3v) is 3.52. The molecule has 1 aliphatic heterocycles. The summed E-state index contributed by atoms with van der Waals surface area (Å²) in [5.41, 5.74) is 0.874. The maximum absolute atomic E-state index is 12.2. The zero-order chi connectivity index (χ0) is 15.7. The van der Waals surface area contributed by atoms with Gasteiger partial charge in [0.15, 0.2) is 0 Å². The predicted octanol–water partition coefficient (Wildman–Crippen LogP) is 2.93. The van der Waals surface area contributed by atoms with Crippen LogP contribution in [0.25, 0.3) is 0 Å². The van der Waals surface area contributed by atoms with Gasteiger partial charge in [-0.05, 0) is 42.5 Å². The summed E-state index contributed by atoms with van der Waals surface area (Å²) in [6, 6.07) is 11.5. The summed E-state index contributed by atoms with van der Waals surface area (Å²) < 4.78 is 10.4. The third kappa shape index (κ3) is 2.63. The topological polar surface area (TPSA) is 64.6 Å². The van der Waals surface area contributed by atoms with Crippen LogP contribution in [0.3, 0.4) is 0 Å². The first kappa shape index (κ1) is 14.4. The van der Waals surface area contributed by atoms with Crippen LogP contribution >= 0.6 is 11.6 Å². The van der Waals surface area contributed by atoms with Crippen molar-refractivity contribution in [3.05, 3.63) is 53.1 Å². The zero-order valence-electron chi connectivity index (χ0n) is 11.6. The maximum Gasteiger partial charge on any atom is 0.273 e. The molecule has 0 aromatic heterocycles. The van der Waals surface area contributed by atoms with Gasteiger partial charge in [-0.2, -0.15) is 0 Å². The molecule has 3 rings (SSSR count). The largest absolute Gasteiger partial charge is 0.497 e. The molecule has 1 atom stereocenters. The van der Waals surface area contributed by atoms with Crippen molar-refractivity contribution in [3.8, 4) is 11.5 Å². The van der Waals surface area contributed by atoms with Gasteiger partial charge in [-0.15, -0.1) is 0 Å². The van der Waals surface area contributed by atoms with E-state index in [1.807, 2.05) is 0 Å². The van der Waals surface area contributed by atoms with Gasteiger partial charge in [0.2, 0.25) is 11.9 Å². The number of methoxy groups -OCH3 is 1. The third-order valence-electron chi connectivity index (χ3n) is 3.29. The first-order valence-corrected chi connectivity index (χ1v) is 6.91. The van der Waals surface area contributed by atoms with E-state index in [1.54, 1.807) is 43.5 Å². The summed E-state index contributed by atoms with van der Waals surface area (Å²) in [6.07, 6.45) is -1.20. The molecule has 112 valence electrons. The van der Waals surface area contributed by atoms with E-state index >= 15 is 0 Å². The number of nitrogens with one attached hydrogen (secondary N) is 1. The van der Waals surface area contributed by atoms with E-state index in [2.05, 4.69) is 5.32 Å². The fourth-order valence-corrected chi connectivity index (χ4v) is 2.35. The van der Waals surface area contributed by atoms with Crippen molar-refractivity contribution >= 4 is 29.0 Å². The molecule has 6 heteroatoms. The highest BCUT2D eigenvalue weighted by Crippen LogP contribution is 2.31. The minimum atomic E-state index is -1.20. The lowest BCUT2D eigenvalue weighted by Crippen LogP contribution is -2.35. The Bertz CT molecular complexity index is 742. The SMILES string of the molecule is COc1ccc(NC(=O)C2Oc3ccc(Cl)cc3C2=O)cc1. The Hall–Kier alpha value is -2.53. The number of carbonyl (C=O) groups is 2. The molecule has 0 bridgehead atoms. The molecule has 22 heavy (non-hydrogen) atoms. The van der Waals surface area contributed by atoms with Crippen molar-refractivity contribution < 1.29 is 19.1 Å². The normalized spacial score (nSPS) is 15.9. The van der Waals surface area contributed by atoms with Crippen LogP contribution in [0, 0.1) is 0 Å². The summed E-state index contributed by atoms with van der Waals surface area (Å²) in [7, 11) is 1.56. The van der Waals surface area contributed by atoms with Crippen LogP contribution in [0.1, 0.15) is 10.4 Å². The van der Waals surface area contributed by atoms with Crippen LogP contribution in [-0.2, 0) is 4.79 Å². The number of carbonyl (C=O) groups excluding carboxylic acids is 2. The number of amides is 1. The molecule has 0 saturated carbocycles. The number of anilines is 1. The molecule has 1 amide bonds. The Morgan fingerprint density at radius 3 is 2.64 bits per heavy atom. The van der Waals surface area contributed by atoms with Gasteiger partial charge in [0, 0.05) is 10.7 Å². The van der Waals surface area contributed by atoms with Gasteiger partial charge in [-0.1, -0.05) is 11.6 Å². The molecule has 0 radical (unpaired) electrons. The Balaban J connectivity index is 1.75. The maximum atomic E-state index is 12.2. The Morgan fingerprint density at radius 2 is 1.95 bits per heavy atom. The molecule has 2 aromatic carbocycles. The van der Waals surface area contributed by atoms with E-state index in [-0.39, 0.29) is 0 Å². The van der Waals surface area contributed by atoms with Gasteiger partial charge >= 0.3 is 0 Å². The summed E-state index contributed by atoms with van der Waals surface area (Å²) >= 11 is 5.85. The fraction of sp³-hybridized carbons (Fsp3) is 0.125. The molecule has 0 spiro atoms. The monoisotopic (exact) mass is 317 g/mol. The van der Waals surface area contributed by atoms with Crippen LogP contribution in [0.15, 0.2) is 42.5 Å². The smallest absolute Gasteiger partial charge is 0.273 e. The first-order chi connectivity index (χ1) is 10.6. The van der Waals surface area contributed by atoms with E-state index in [0.717, 1.165) is 0 Å². The molecular weight excluding hydrogens is 306 g/mol. The lowest BCUT2D eigenvalue weighted by molar-refractivity contribution is -0.120. The van der Waals surface area contributed by atoms with Gasteiger partial charge in [0.1, 0.15) is 11.5 Å². The lowest BCUT2D eigenvalue weighted by Gasteiger charge is -2.10. The van der Waals surface area contributed by atoms with E-state index in [0.29, 0.717) is 27.8 Å². The summed E-state index contributed by atoms with van der Waals surface area (Å²) in [5, 5.41) is 3.06. The molecule has 2 aromatic rings. The first-order valence-electron chi connectivity index (χ1n) is 6.54.